The summed E-state index contributed by atoms with van der Waals surface area (Å²) in [4.78, 5) is 27.3. The molecule has 2 heterocycles. The van der Waals surface area contributed by atoms with Gasteiger partial charge in [-0.25, -0.2) is 0 Å². The predicted molar refractivity (Wildman–Crippen MR) is 129 cm³/mol. The highest BCUT2D eigenvalue weighted by molar-refractivity contribution is 6.35. The van der Waals surface area contributed by atoms with Gasteiger partial charge in [-0.3, -0.25) is 19.8 Å². The van der Waals surface area contributed by atoms with Crippen LogP contribution in [-0.4, -0.2) is 46.8 Å². The minimum Gasteiger partial charge on any atom is -0.486 e. The zero-order valence-electron chi connectivity index (χ0n) is 18.5. The monoisotopic (exact) mass is 503 g/mol. The Bertz CT molecular complexity index is 1180. The first-order chi connectivity index (χ1) is 16.3. The first-order valence-corrected chi connectivity index (χ1v) is 11.5. The van der Waals surface area contributed by atoms with Crippen molar-refractivity contribution in [3.05, 3.63) is 91.3 Å². The molecular weight excluding hydrogens is 481 g/mol. The maximum atomic E-state index is 12.9. The maximum Gasteiger partial charge on any atom is 0.289 e. The number of halogens is 2. The number of furan rings is 1. The molecule has 10 heteroatoms. The molecule has 1 aliphatic rings. The fourth-order valence-electron chi connectivity index (χ4n) is 3.82. The number of carbonyl (C=O) groups is 1. The van der Waals surface area contributed by atoms with Gasteiger partial charge in [-0.15, -0.1) is 0 Å². The van der Waals surface area contributed by atoms with E-state index in [9.17, 15) is 14.9 Å². The number of ether oxygens (including phenoxy) is 1. The number of hydrogen-bond acceptors (Lipinski definition) is 6. The van der Waals surface area contributed by atoms with E-state index in [1.54, 1.807) is 30.0 Å². The summed E-state index contributed by atoms with van der Waals surface area (Å²) < 4.78 is 11.4. The topological polar surface area (TPSA) is 89.1 Å². The molecule has 34 heavy (non-hydrogen) atoms. The number of amides is 1. The highest BCUT2D eigenvalue weighted by Crippen LogP contribution is 2.27. The summed E-state index contributed by atoms with van der Waals surface area (Å²) in [5.41, 5.74) is 1.44. The van der Waals surface area contributed by atoms with Crippen molar-refractivity contribution in [3.63, 3.8) is 0 Å². The smallest absolute Gasteiger partial charge is 0.289 e. The second kappa shape index (κ2) is 10.5. The van der Waals surface area contributed by atoms with E-state index in [0.717, 1.165) is 5.56 Å². The van der Waals surface area contributed by atoms with E-state index in [4.69, 9.17) is 32.4 Å². The van der Waals surface area contributed by atoms with Gasteiger partial charge in [-0.2, -0.15) is 0 Å². The molecule has 1 saturated heterocycles. The lowest BCUT2D eigenvalue weighted by atomic mass is 10.2. The molecule has 0 bridgehead atoms. The van der Waals surface area contributed by atoms with Crippen LogP contribution < -0.4 is 4.74 Å². The molecule has 4 rings (SSSR count). The summed E-state index contributed by atoms with van der Waals surface area (Å²) in [5.74, 6) is 1.06. The first kappa shape index (κ1) is 24.1. The molecule has 1 aromatic heterocycles. The average molecular weight is 504 g/mol. The van der Waals surface area contributed by atoms with E-state index in [2.05, 4.69) is 4.90 Å². The van der Waals surface area contributed by atoms with E-state index in [1.165, 1.54) is 12.1 Å². The zero-order chi connectivity index (χ0) is 24.2. The first-order valence-electron chi connectivity index (χ1n) is 10.7. The molecule has 0 unspecified atom stereocenters. The lowest BCUT2D eigenvalue weighted by molar-refractivity contribution is -0.385. The molecule has 178 valence electrons. The van der Waals surface area contributed by atoms with Crippen LogP contribution in [-0.2, 0) is 13.2 Å². The quantitative estimate of drug-likeness (QED) is 0.319. The molecule has 0 radical (unpaired) electrons. The van der Waals surface area contributed by atoms with Gasteiger partial charge < -0.3 is 14.1 Å². The van der Waals surface area contributed by atoms with Crippen LogP contribution in [0, 0.1) is 17.0 Å². The number of rotatable bonds is 7. The molecule has 1 aliphatic heterocycles. The fraction of sp³-hybridized carbons (Fsp3) is 0.292. The summed E-state index contributed by atoms with van der Waals surface area (Å²) in [7, 11) is 0. The zero-order valence-corrected chi connectivity index (χ0v) is 20.0. The van der Waals surface area contributed by atoms with Crippen LogP contribution in [0.1, 0.15) is 27.4 Å². The number of piperazine rings is 1. The fourth-order valence-corrected chi connectivity index (χ4v) is 4.34. The van der Waals surface area contributed by atoms with Gasteiger partial charge in [0.1, 0.15) is 18.1 Å². The van der Waals surface area contributed by atoms with E-state index in [-0.39, 0.29) is 24.0 Å². The number of aryl methyl sites for hydroxylation is 1. The second-order valence-corrected chi connectivity index (χ2v) is 8.84. The van der Waals surface area contributed by atoms with Crippen molar-refractivity contribution >= 4 is 34.8 Å². The molecule has 3 aromatic rings. The van der Waals surface area contributed by atoms with E-state index in [0.29, 0.717) is 59.8 Å². The Kier molecular flexibility index (Phi) is 7.41. The standard InChI is InChI=1S/C24H23Cl2N3O5/c1-16-13-17(5-7-22(16)29(31)32)33-15-18-6-8-23(34-18)24(30)28-11-9-27(10-12-28)14-19-20(25)3-2-4-21(19)26/h2-8,13H,9-12,14-15H2,1H3. The number of nitro benzene ring substituents is 1. The minimum atomic E-state index is -0.435. The Hall–Kier alpha value is -3.07. The normalized spacial score (nSPS) is 14.3. The number of nitrogens with zero attached hydrogens (tertiary/aromatic N) is 3. The lowest BCUT2D eigenvalue weighted by Crippen LogP contribution is -2.48. The predicted octanol–water partition coefficient (Wildman–Crippen LogP) is 5.34. The number of carbonyl (C=O) groups excluding carboxylic acids is 1. The van der Waals surface area contributed by atoms with Gasteiger partial charge in [0.25, 0.3) is 11.6 Å². The van der Waals surface area contributed by atoms with Gasteiger partial charge in [-0.05, 0) is 43.3 Å². The van der Waals surface area contributed by atoms with Crippen LogP contribution in [0.15, 0.2) is 52.9 Å². The molecule has 0 atom stereocenters. The number of benzene rings is 2. The van der Waals surface area contributed by atoms with Crippen LogP contribution in [0.4, 0.5) is 5.69 Å². The Morgan fingerprint density at radius 1 is 1.09 bits per heavy atom. The third-order valence-corrected chi connectivity index (χ3v) is 6.43. The van der Waals surface area contributed by atoms with E-state index >= 15 is 0 Å². The van der Waals surface area contributed by atoms with Crippen molar-refractivity contribution in [1.82, 2.24) is 9.80 Å². The van der Waals surface area contributed by atoms with E-state index in [1.807, 2.05) is 18.2 Å². The highest BCUT2D eigenvalue weighted by atomic mass is 35.5. The summed E-state index contributed by atoms with van der Waals surface area (Å²) >= 11 is 12.6. The van der Waals surface area contributed by atoms with Gasteiger partial charge in [-0.1, -0.05) is 29.3 Å². The van der Waals surface area contributed by atoms with Gasteiger partial charge >= 0.3 is 0 Å². The summed E-state index contributed by atoms with van der Waals surface area (Å²) in [6.07, 6.45) is 0. The molecule has 0 aliphatic carbocycles. The Morgan fingerprint density at radius 2 is 1.79 bits per heavy atom. The summed E-state index contributed by atoms with van der Waals surface area (Å²) in [6, 6.07) is 13.3. The van der Waals surface area contributed by atoms with Crippen molar-refractivity contribution in [2.75, 3.05) is 26.2 Å². The number of hydrogen-bond donors (Lipinski definition) is 0. The van der Waals surface area contributed by atoms with Gasteiger partial charge in [0.15, 0.2) is 5.76 Å². The van der Waals surface area contributed by atoms with Crippen LogP contribution in [0.2, 0.25) is 10.0 Å². The third kappa shape index (κ3) is 5.52. The minimum absolute atomic E-state index is 0.0355. The highest BCUT2D eigenvalue weighted by Gasteiger charge is 2.25. The van der Waals surface area contributed by atoms with Gasteiger partial charge in [0.2, 0.25) is 0 Å². The van der Waals surface area contributed by atoms with E-state index < -0.39 is 4.92 Å². The Labute approximate surface area is 206 Å². The van der Waals surface area contributed by atoms with Crippen LogP contribution in [0.25, 0.3) is 0 Å². The molecule has 2 aromatic carbocycles. The van der Waals surface area contributed by atoms with Crippen molar-refractivity contribution in [2.45, 2.75) is 20.1 Å². The lowest BCUT2D eigenvalue weighted by Gasteiger charge is -2.34. The molecular formula is C24H23Cl2N3O5. The number of nitro groups is 1. The molecule has 0 saturated carbocycles. The van der Waals surface area contributed by atoms with Crippen molar-refractivity contribution in [3.8, 4) is 5.75 Å². The largest absolute Gasteiger partial charge is 0.486 e. The Balaban J connectivity index is 1.30. The van der Waals surface area contributed by atoms with Crippen LogP contribution >= 0.6 is 23.2 Å². The second-order valence-electron chi connectivity index (χ2n) is 8.03. The molecule has 1 amide bonds. The van der Waals surface area contributed by atoms with Gasteiger partial charge in [0.05, 0.1) is 4.92 Å². The molecule has 0 spiro atoms. The molecule has 0 N–H and O–H groups in total. The van der Waals surface area contributed by atoms with Crippen molar-refractivity contribution in [1.29, 1.82) is 0 Å². The average Bonchev–Trinajstić information content (AvgIpc) is 3.29. The maximum absolute atomic E-state index is 12.9. The van der Waals surface area contributed by atoms with Gasteiger partial charge in [0, 0.05) is 60.0 Å². The molecule has 8 nitrogen and oxygen atoms in total. The third-order valence-electron chi connectivity index (χ3n) is 5.72. The van der Waals surface area contributed by atoms with Crippen molar-refractivity contribution in [2.24, 2.45) is 0 Å². The Morgan fingerprint density at radius 3 is 2.44 bits per heavy atom. The summed E-state index contributed by atoms with van der Waals surface area (Å²) in [6.45, 7) is 4.91. The molecule has 1 fully saturated rings. The van der Waals surface area contributed by atoms with Crippen LogP contribution in [0.3, 0.4) is 0 Å². The SMILES string of the molecule is Cc1cc(OCc2ccc(C(=O)N3CCN(Cc4c(Cl)cccc4Cl)CC3)o2)ccc1[N+](=O)[O-]. The summed E-state index contributed by atoms with van der Waals surface area (Å²) in [5, 5.41) is 12.2. The van der Waals surface area contributed by atoms with Crippen molar-refractivity contribution < 1.29 is 18.9 Å². The van der Waals surface area contributed by atoms with Crippen LogP contribution in [0.5, 0.6) is 5.75 Å².